The zero-order valence-electron chi connectivity index (χ0n) is 13.7. The van der Waals surface area contributed by atoms with Crippen molar-refractivity contribution >= 4 is 0 Å². The number of ether oxygens (including phenoxy) is 1. The van der Waals surface area contributed by atoms with Crippen LogP contribution in [0.2, 0.25) is 0 Å². The van der Waals surface area contributed by atoms with Crippen molar-refractivity contribution in [2.45, 2.75) is 25.8 Å². The molecule has 0 unspecified atom stereocenters. The van der Waals surface area contributed by atoms with E-state index in [-0.39, 0.29) is 0 Å². The van der Waals surface area contributed by atoms with Crippen molar-refractivity contribution in [3.05, 3.63) is 35.8 Å². The monoisotopic (exact) mass is 312 g/mol. The normalized spacial score (nSPS) is 22.0. The molecular formula is C18H24N4O. The van der Waals surface area contributed by atoms with Gasteiger partial charge < -0.3 is 4.74 Å². The lowest BCUT2D eigenvalue weighted by Gasteiger charge is -2.23. The molecule has 1 fully saturated rings. The van der Waals surface area contributed by atoms with Gasteiger partial charge in [0.15, 0.2) is 0 Å². The minimum absolute atomic E-state index is 0.697. The summed E-state index contributed by atoms with van der Waals surface area (Å²) < 4.78 is 7.60. The summed E-state index contributed by atoms with van der Waals surface area (Å²) in [7, 11) is 2.07. The van der Waals surface area contributed by atoms with Crippen molar-refractivity contribution in [3.63, 3.8) is 0 Å². The first-order valence-electron chi connectivity index (χ1n) is 8.56. The van der Waals surface area contributed by atoms with Gasteiger partial charge >= 0.3 is 0 Å². The third-order valence-corrected chi connectivity index (χ3v) is 5.02. The van der Waals surface area contributed by atoms with E-state index in [0.29, 0.717) is 5.92 Å². The Balaban J connectivity index is 1.59. The Hall–Kier alpha value is -1.72. The molecule has 1 atom stereocenters. The van der Waals surface area contributed by atoms with E-state index in [2.05, 4.69) is 27.7 Å². The van der Waals surface area contributed by atoms with E-state index in [4.69, 9.17) is 9.84 Å². The molecular weight excluding hydrogens is 288 g/mol. The zero-order chi connectivity index (χ0) is 15.6. The lowest BCUT2D eigenvalue weighted by molar-refractivity contribution is 0.164. The van der Waals surface area contributed by atoms with Crippen molar-refractivity contribution in [2.75, 3.05) is 26.3 Å². The SMILES string of the molecule is Cn1nc(-c2cccnc2)c2c1CN(C[C@H]1CCOC1)CCC2. The Morgan fingerprint density at radius 3 is 3.13 bits per heavy atom. The maximum atomic E-state index is 5.53. The van der Waals surface area contributed by atoms with Crippen LogP contribution in [0.4, 0.5) is 0 Å². The molecule has 0 radical (unpaired) electrons. The van der Waals surface area contributed by atoms with Gasteiger partial charge in [0.25, 0.3) is 0 Å². The molecule has 23 heavy (non-hydrogen) atoms. The molecule has 0 spiro atoms. The van der Waals surface area contributed by atoms with Crippen molar-refractivity contribution in [2.24, 2.45) is 13.0 Å². The fraction of sp³-hybridized carbons (Fsp3) is 0.556. The van der Waals surface area contributed by atoms with Crippen LogP contribution in [-0.4, -0.2) is 46.0 Å². The first-order valence-corrected chi connectivity index (χ1v) is 8.56. The van der Waals surface area contributed by atoms with Crippen LogP contribution in [0.25, 0.3) is 11.3 Å². The summed E-state index contributed by atoms with van der Waals surface area (Å²) in [6, 6.07) is 4.09. The molecule has 4 rings (SSSR count). The molecule has 0 bridgehead atoms. The van der Waals surface area contributed by atoms with Crippen LogP contribution in [0, 0.1) is 5.92 Å². The molecule has 5 heteroatoms. The van der Waals surface area contributed by atoms with Gasteiger partial charge in [-0.1, -0.05) is 0 Å². The standard InChI is InChI=1S/C18H24N4O/c1-21-17-12-22(11-14-6-9-23-13-14)8-3-5-16(17)18(20-21)15-4-2-7-19-10-15/h2,4,7,10,14H,3,5-6,8-9,11-13H2,1H3/t14-/m1/s1. The van der Waals surface area contributed by atoms with E-state index in [1.165, 1.54) is 24.1 Å². The van der Waals surface area contributed by atoms with Gasteiger partial charge in [-0.05, 0) is 43.9 Å². The predicted molar refractivity (Wildman–Crippen MR) is 89.0 cm³/mol. The molecule has 0 aliphatic carbocycles. The largest absolute Gasteiger partial charge is 0.381 e. The molecule has 2 aliphatic heterocycles. The number of aromatic nitrogens is 3. The lowest BCUT2D eigenvalue weighted by atomic mass is 10.0. The number of hydrogen-bond donors (Lipinski definition) is 0. The second-order valence-electron chi connectivity index (χ2n) is 6.71. The molecule has 1 saturated heterocycles. The number of aryl methyl sites for hydroxylation is 1. The third kappa shape index (κ3) is 3.03. The summed E-state index contributed by atoms with van der Waals surface area (Å²) in [5, 5.41) is 4.80. The summed E-state index contributed by atoms with van der Waals surface area (Å²) in [6.07, 6.45) is 7.23. The molecule has 2 aromatic rings. The molecule has 2 aromatic heterocycles. The van der Waals surface area contributed by atoms with Gasteiger partial charge in [-0.25, -0.2) is 0 Å². The van der Waals surface area contributed by atoms with Gasteiger partial charge in [0.05, 0.1) is 18.0 Å². The number of nitrogens with zero attached hydrogens (tertiary/aromatic N) is 4. The highest BCUT2D eigenvalue weighted by atomic mass is 16.5. The van der Waals surface area contributed by atoms with Crippen molar-refractivity contribution in [1.82, 2.24) is 19.7 Å². The van der Waals surface area contributed by atoms with Crippen LogP contribution in [0.5, 0.6) is 0 Å². The van der Waals surface area contributed by atoms with E-state index >= 15 is 0 Å². The highest BCUT2D eigenvalue weighted by molar-refractivity contribution is 5.63. The third-order valence-electron chi connectivity index (χ3n) is 5.02. The Bertz CT molecular complexity index is 661. The predicted octanol–water partition coefficient (Wildman–Crippen LogP) is 2.27. The molecule has 0 N–H and O–H groups in total. The molecule has 0 aromatic carbocycles. The van der Waals surface area contributed by atoms with E-state index in [1.807, 2.05) is 18.5 Å². The molecule has 122 valence electrons. The minimum Gasteiger partial charge on any atom is -0.381 e. The van der Waals surface area contributed by atoms with Crippen LogP contribution in [0.1, 0.15) is 24.1 Å². The number of fused-ring (bicyclic) bond motifs is 1. The van der Waals surface area contributed by atoms with Gasteiger partial charge in [0.1, 0.15) is 0 Å². The highest BCUT2D eigenvalue weighted by Crippen LogP contribution is 2.29. The summed E-state index contributed by atoms with van der Waals surface area (Å²) in [6.45, 7) is 5.16. The summed E-state index contributed by atoms with van der Waals surface area (Å²) in [5.41, 5.74) is 5.01. The second kappa shape index (κ2) is 6.42. The lowest BCUT2D eigenvalue weighted by Crippen LogP contribution is -2.30. The van der Waals surface area contributed by atoms with Gasteiger partial charge in [-0.15, -0.1) is 0 Å². The fourth-order valence-electron chi connectivity index (χ4n) is 3.82. The van der Waals surface area contributed by atoms with Crippen LogP contribution < -0.4 is 0 Å². The summed E-state index contributed by atoms with van der Waals surface area (Å²) in [4.78, 5) is 6.84. The van der Waals surface area contributed by atoms with Gasteiger partial charge in [0, 0.05) is 50.3 Å². The quantitative estimate of drug-likeness (QED) is 0.872. The van der Waals surface area contributed by atoms with Crippen molar-refractivity contribution in [1.29, 1.82) is 0 Å². The van der Waals surface area contributed by atoms with Gasteiger partial charge in [-0.3, -0.25) is 14.6 Å². The molecule has 0 amide bonds. The van der Waals surface area contributed by atoms with Crippen LogP contribution in [-0.2, 0) is 24.8 Å². The van der Waals surface area contributed by atoms with E-state index in [9.17, 15) is 0 Å². The highest BCUT2D eigenvalue weighted by Gasteiger charge is 2.25. The maximum Gasteiger partial charge on any atom is 0.0973 e. The van der Waals surface area contributed by atoms with E-state index in [1.54, 1.807) is 0 Å². The Morgan fingerprint density at radius 2 is 2.35 bits per heavy atom. The molecule has 5 nitrogen and oxygen atoms in total. The first-order chi connectivity index (χ1) is 11.3. The number of rotatable bonds is 3. The van der Waals surface area contributed by atoms with Crippen LogP contribution in [0.3, 0.4) is 0 Å². The average molecular weight is 312 g/mol. The van der Waals surface area contributed by atoms with Crippen molar-refractivity contribution < 1.29 is 4.74 Å². The molecule has 4 heterocycles. The van der Waals surface area contributed by atoms with Crippen LogP contribution in [0.15, 0.2) is 24.5 Å². The second-order valence-corrected chi connectivity index (χ2v) is 6.71. The first kappa shape index (κ1) is 14.8. The number of pyridine rings is 1. The topological polar surface area (TPSA) is 43.2 Å². The summed E-state index contributed by atoms with van der Waals surface area (Å²) >= 11 is 0. The summed E-state index contributed by atoms with van der Waals surface area (Å²) in [5.74, 6) is 0.697. The average Bonchev–Trinajstić information content (AvgIpc) is 3.12. The maximum absolute atomic E-state index is 5.53. The number of hydrogen-bond acceptors (Lipinski definition) is 4. The van der Waals surface area contributed by atoms with Gasteiger partial charge in [0.2, 0.25) is 0 Å². The molecule has 2 aliphatic rings. The zero-order valence-corrected chi connectivity index (χ0v) is 13.7. The Labute approximate surface area is 137 Å². The van der Waals surface area contributed by atoms with E-state index in [0.717, 1.165) is 50.5 Å². The Kier molecular flexibility index (Phi) is 4.14. The van der Waals surface area contributed by atoms with Gasteiger partial charge in [-0.2, -0.15) is 5.10 Å². The molecule has 0 saturated carbocycles. The smallest absolute Gasteiger partial charge is 0.0973 e. The van der Waals surface area contributed by atoms with Crippen molar-refractivity contribution in [3.8, 4) is 11.3 Å². The van der Waals surface area contributed by atoms with E-state index < -0.39 is 0 Å². The van der Waals surface area contributed by atoms with Crippen LogP contribution >= 0.6 is 0 Å². The Morgan fingerprint density at radius 1 is 1.39 bits per heavy atom. The minimum atomic E-state index is 0.697. The fourth-order valence-corrected chi connectivity index (χ4v) is 3.82.